The van der Waals surface area contributed by atoms with E-state index in [9.17, 15) is 4.79 Å². The summed E-state index contributed by atoms with van der Waals surface area (Å²) in [4.78, 5) is 16.5. The Balaban J connectivity index is 1.38. The number of carbonyl (C=O) groups is 1. The Bertz CT molecular complexity index is 1010. The second kappa shape index (κ2) is 7.57. The number of pyridine rings is 1. The van der Waals surface area contributed by atoms with Crippen molar-refractivity contribution in [2.45, 2.75) is 6.54 Å². The number of anilines is 2. The van der Waals surface area contributed by atoms with Crippen LogP contribution >= 0.6 is 0 Å². The average Bonchev–Trinajstić information content (AvgIpc) is 3.39. The molecule has 0 radical (unpaired) electrons. The van der Waals surface area contributed by atoms with Crippen LogP contribution in [0.4, 0.5) is 11.4 Å². The predicted octanol–water partition coefficient (Wildman–Crippen LogP) is 3.74. The van der Waals surface area contributed by atoms with E-state index in [0.717, 1.165) is 16.9 Å². The van der Waals surface area contributed by atoms with Gasteiger partial charge in [0, 0.05) is 30.3 Å². The lowest BCUT2D eigenvalue weighted by molar-refractivity contribution is 0.0951. The van der Waals surface area contributed by atoms with Gasteiger partial charge in [0.1, 0.15) is 5.69 Å². The number of nitrogens with one attached hydrogen (secondary N) is 3. The van der Waals surface area contributed by atoms with Crippen LogP contribution in [0.5, 0.6) is 0 Å². The largest absolute Gasteiger partial charge is 0.463 e. The molecule has 4 rings (SSSR count). The molecule has 4 aromatic rings. The second-order valence-corrected chi connectivity index (χ2v) is 5.88. The molecule has 1 amide bonds. The Kier molecular flexibility index (Phi) is 4.65. The summed E-state index contributed by atoms with van der Waals surface area (Å²) in [5.41, 5.74) is 3.93. The van der Waals surface area contributed by atoms with Crippen molar-refractivity contribution in [2.75, 3.05) is 5.32 Å². The molecule has 3 aromatic heterocycles. The summed E-state index contributed by atoms with van der Waals surface area (Å²) in [5, 5.41) is 12.9. The zero-order valence-electron chi connectivity index (χ0n) is 14.3. The highest BCUT2D eigenvalue weighted by Crippen LogP contribution is 2.21. The van der Waals surface area contributed by atoms with Crippen LogP contribution < -0.4 is 10.6 Å². The van der Waals surface area contributed by atoms with Gasteiger partial charge in [-0.2, -0.15) is 5.10 Å². The lowest BCUT2D eigenvalue weighted by Gasteiger charge is -2.08. The molecule has 0 atom stereocenters. The van der Waals surface area contributed by atoms with Gasteiger partial charge < -0.3 is 15.1 Å². The van der Waals surface area contributed by atoms with E-state index in [1.807, 2.05) is 36.4 Å². The molecule has 0 spiro atoms. The van der Waals surface area contributed by atoms with Gasteiger partial charge in [0.2, 0.25) is 0 Å². The quantitative estimate of drug-likeness (QED) is 0.487. The van der Waals surface area contributed by atoms with Crippen molar-refractivity contribution in [1.29, 1.82) is 0 Å². The van der Waals surface area contributed by atoms with Gasteiger partial charge in [0.25, 0.3) is 5.91 Å². The summed E-state index contributed by atoms with van der Waals surface area (Å²) < 4.78 is 5.33. The Morgan fingerprint density at radius 3 is 2.56 bits per heavy atom. The number of nitrogens with zero attached hydrogens (tertiary/aromatic N) is 2. The first-order valence-corrected chi connectivity index (χ1v) is 8.41. The van der Waals surface area contributed by atoms with Gasteiger partial charge in [-0.25, -0.2) is 0 Å². The van der Waals surface area contributed by atoms with E-state index in [0.29, 0.717) is 23.6 Å². The monoisotopic (exact) mass is 359 g/mol. The van der Waals surface area contributed by atoms with Crippen molar-refractivity contribution in [3.63, 3.8) is 0 Å². The Hall–Kier alpha value is -3.87. The van der Waals surface area contributed by atoms with Gasteiger partial charge in [0.15, 0.2) is 5.76 Å². The zero-order chi connectivity index (χ0) is 18.5. The Morgan fingerprint density at radius 1 is 1.04 bits per heavy atom. The minimum atomic E-state index is -0.214. The third-order valence-corrected chi connectivity index (χ3v) is 4.03. The number of aromatic nitrogens is 3. The number of rotatable bonds is 6. The molecule has 0 unspecified atom stereocenters. The zero-order valence-corrected chi connectivity index (χ0v) is 14.3. The van der Waals surface area contributed by atoms with Crippen LogP contribution in [0.2, 0.25) is 0 Å². The Morgan fingerprint density at radius 2 is 1.81 bits per heavy atom. The molecule has 7 heteroatoms. The van der Waals surface area contributed by atoms with Gasteiger partial charge in [-0.15, -0.1) is 0 Å². The summed E-state index contributed by atoms with van der Waals surface area (Å²) in [6, 6.07) is 15.2. The molecule has 134 valence electrons. The number of aromatic amines is 1. The summed E-state index contributed by atoms with van der Waals surface area (Å²) in [7, 11) is 0. The average molecular weight is 359 g/mol. The molecule has 0 saturated carbocycles. The lowest BCUT2D eigenvalue weighted by Crippen LogP contribution is -2.22. The first kappa shape index (κ1) is 16.6. The van der Waals surface area contributed by atoms with Gasteiger partial charge in [-0.1, -0.05) is 12.1 Å². The first-order chi connectivity index (χ1) is 13.3. The highest BCUT2D eigenvalue weighted by Gasteiger charge is 2.16. The van der Waals surface area contributed by atoms with Crippen molar-refractivity contribution in [2.24, 2.45) is 0 Å². The molecule has 1 aromatic carbocycles. The summed E-state index contributed by atoms with van der Waals surface area (Å²) in [6.07, 6.45) is 6.52. The number of hydrogen-bond acceptors (Lipinski definition) is 5. The molecule has 0 bridgehead atoms. The van der Waals surface area contributed by atoms with Gasteiger partial charge in [-0.3, -0.25) is 14.9 Å². The van der Waals surface area contributed by atoms with Crippen molar-refractivity contribution < 1.29 is 9.21 Å². The van der Waals surface area contributed by atoms with Crippen LogP contribution in [-0.2, 0) is 6.54 Å². The van der Waals surface area contributed by atoms with Crippen LogP contribution in [0, 0.1) is 0 Å². The smallest absolute Gasteiger partial charge is 0.255 e. The molecule has 0 aliphatic carbocycles. The fraction of sp³-hybridized carbons (Fsp3) is 0.0500. The number of furan rings is 1. The van der Waals surface area contributed by atoms with Crippen molar-refractivity contribution in [3.05, 3.63) is 84.5 Å². The van der Waals surface area contributed by atoms with E-state index in [1.165, 1.54) is 6.20 Å². The fourth-order valence-electron chi connectivity index (χ4n) is 2.65. The molecule has 0 aliphatic rings. The molecule has 7 nitrogen and oxygen atoms in total. The van der Waals surface area contributed by atoms with E-state index in [1.54, 1.807) is 30.8 Å². The van der Waals surface area contributed by atoms with E-state index in [2.05, 4.69) is 25.8 Å². The minimum absolute atomic E-state index is 0.214. The van der Waals surface area contributed by atoms with Crippen LogP contribution in [0.25, 0.3) is 11.5 Å². The molecule has 3 heterocycles. The van der Waals surface area contributed by atoms with Crippen molar-refractivity contribution in [1.82, 2.24) is 20.5 Å². The number of benzene rings is 1. The second-order valence-electron chi connectivity index (χ2n) is 5.88. The maximum absolute atomic E-state index is 12.5. The van der Waals surface area contributed by atoms with Crippen molar-refractivity contribution in [3.8, 4) is 11.5 Å². The summed E-state index contributed by atoms with van der Waals surface area (Å²) >= 11 is 0. The summed E-state index contributed by atoms with van der Waals surface area (Å²) in [5.74, 6) is 0.360. The van der Waals surface area contributed by atoms with E-state index in [-0.39, 0.29) is 5.91 Å². The van der Waals surface area contributed by atoms with Crippen LogP contribution in [0.3, 0.4) is 0 Å². The molecule has 27 heavy (non-hydrogen) atoms. The topological polar surface area (TPSA) is 95.8 Å². The van der Waals surface area contributed by atoms with Crippen LogP contribution in [-0.4, -0.2) is 21.1 Å². The standard InChI is InChI=1S/C20H17N5O2/c26-20(17-13-23-25-19(17)18-2-1-11-27-18)22-12-14-3-5-15(6-4-14)24-16-7-9-21-10-8-16/h1-11,13H,12H2,(H,21,24)(H,22,26)(H,23,25). The van der Waals surface area contributed by atoms with Gasteiger partial charge in [-0.05, 0) is 42.0 Å². The van der Waals surface area contributed by atoms with Gasteiger partial charge >= 0.3 is 0 Å². The number of carbonyl (C=O) groups excluding carboxylic acids is 1. The van der Waals surface area contributed by atoms with Crippen molar-refractivity contribution >= 4 is 17.3 Å². The molecule has 0 saturated heterocycles. The van der Waals surface area contributed by atoms with E-state index < -0.39 is 0 Å². The third-order valence-electron chi connectivity index (χ3n) is 4.03. The molecular formula is C20H17N5O2. The molecule has 0 aliphatic heterocycles. The number of hydrogen-bond donors (Lipinski definition) is 3. The minimum Gasteiger partial charge on any atom is -0.463 e. The van der Waals surface area contributed by atoms with Gasteiger partial charge in [0.05, 0.1) is 18.0 Å². The lowest BCUT2D eigenvalue weighted by atomic mass is 10.1. The van der Waals surface area contributed by atoms with Crippen LogP contribution in [0.15, 0.2) is 77.8 Å². The predicted molar refractivity (Wildman–Crippen MR) is 101 cm³/mol. The SMILES string of the molecule is O=C(NCc1ccc(Nc2ccncc2)cc1)c1cn[nH]c1-c1ccco1. The molecular weight excluding hydrogens is 342 g/mol. The highest BCUT2D eigenvalue weighted by molar-refractivity contribution is 5.99. The molecule has 0 fully saturated rings. The fourth-order valence-corrected chi connectivity index (χ4v) is 2.65. The highest BCUT2D eigenvalue weighted by atomic mass is 16.3. The Labute approximate surface area is 155 Å². The summed E-state index contributed by atoms with van der Waals surface area (Å²) in [6.45, 7) is 0.414. The number of amides is 1. The number of H-pyrrole nitrogens is 1. The van der Waals surface area contributed by atoms with Crippen LogP contribution in [0.1, 0.15) is 15.9 Å². The maximum atomic E-state index is 12.5. The van der Waals surface area contributed by atoms with E-state index >= 15 is 0 Å². The third kappa shape index (κ3) is 3.87. The normalized spacial score (nSPS) is 10.5. The first-order valence-electron chi connectivity index (χ1n) is 8.41. The molecule has 3 N–H and O–H groups in total. The maximum Gasteiger partial charge on any atom is 0.255 e. The van der Waals surface area contributed by atoms with E-state index in [4.69, 9.17) is 4.42 Å².